The van der Waals surface area contributed by atoms with Gasteiger partial charge in [-0.3, -0.25) is 0 Å². The molecule has 0 atom stereocenters. The number of unbranched alkanes of at least 4 members (excludes halogenated alkanes) is 11. The summed E-state index contributed by atoms with van der Waals surface area (Å²) in [6.45, 7) is 5.22. The Morgan fingerprint density at radius 1 is 0.700 bits per heavy atom. The van der Waals surface area contributed by atoms with Crippen LogP contribution in [0.4, 0.5) is 0 Å². The molecule has 0 aliphatic carbocycles. The molecule has 1 aromatic carbocycles. The molecule has 1 aliphatic heterocycles. The van der Waals surface area contributed by atoms with Crippen molar-refractivity contribution >= 4 is 0 Å². The highest BCUT2D eigenvalue weighted by Gasteiger charge is 2.35. The van der Waals surface area contributed by atoms with E-state index in [1.54, 1.807) is 0 Å². The van der Waals surface area contributed by atoms with Crippen LogP contribution < -0.4 is 0 Å². The van der Waals surface area contributed by atoms with Gasteiger partial charge in [-0.2, -0.15) is 0 Å². The second kappa shape index (κ2) is 16.8. The molecule has 172 valence electrons. The summed E-state index contributed by atoms with van der Waals surface area (Å²) in [6, 6.07) is 10.4. The van der Waals surface area contributed by atoms with Gasteiger partial charge in [0.15, 0.2) is 5.79 Å². The smallest absolute Gasteiger partial charge is 0.168 e. The predicted molar refractivity (Wildman–Crippen MR) is 126 cm³/mol. The Bertz CT molecular complexity index is 496. The second-order valence-corrected chi connectivity index (χ2v) is 8.89. The van der Waals surface area contributed by atoms with Gasteiger partial charge in [0.25, 0.3) is 0 Å². The van der Waals surface area contributed by atoms with E-state index in [1.807, 2.05) is 6.07 Å². The molecule has 0 spiro atoms. The zero-order valence-corrected chi connectivity index (χ0v) is 19.5. The summed E-state index contributed by atoms with van der Waals surface area (Å²) in [4.78, 5) is 0. The maximum absolute atomic E-state index is 6.03. The molecule has 3 heteroatoms. The molecule has 0 N–H and O–H groups in total. The number of hydrogen-bond acceptors (Lipinski definition) is 3. The molecule has 30 heavy (non-hydrogen) atoms. The van der Waals surface area contributed by atoms with Crippen LogP contribution in [0.3, 0.4) is 0 Å². The predicted octanol–water partition coefficient (Wildman–Crippen LogP) is 7.82. The third-order valence-corrected chi connectivity index (χ3v) is 6.18. The number of hydrogen-bond donors (Lipinski definition) is 0. The van der Waals surface area contributed by atoms with E-state index in [2.05, 4.69) is 31.2 Å². The Hall–Kier alpha value is -0.900. The van der Waals surface area contributed by atoms with Gasteiger partial charge in [-0.15, -0.1) is 0 Å². The average molecular weight is 419 g/mol. The molecule has 0 aromatic heterocycles. The highest BCUT2D eigenvalue weighted by molar-refractivity contribution is 5.13. The summed E-state index contributed by atoms with van der Waals surface area (Å²) in [5.41, 5.74) is 1.23. The van der Waals surface area contributed by atoms with Gasteiger partial charge in [-0.25, -0.2) is 0 Å². The quantitative estimate of drug-likeness (QED) is 0.214. The average Bonchev–Trinajstić information content (AvgIpc) is 3.24. The van der Waals surface area contributed by atoms with Crippen molar-refractivity contribution in [1.29, 1.82) is 0 Å². The molecular weight excluding hydrogens is 372 g/mol. The van der Waals surface area contributed by atoms with Crippen molar-refractivity contribution in [2.75, 3.05) is 19.8 Å². The molecule has 0 radical (unpaired) electrons. The van der Waals surface area contributed by atoms with Gasteiger partial charge < -0.3 is 14.2 Å². The highest BCUT2D eigenvalue weighted by atomic mass is 16.7. The Morgan fingerprint density at radius 2 is 1.23 bits per heavy atom. The largest absolute Gasteiger partial charge is 0.377 e. The van der Waals surface area contributed by atoms with E-state index >= 15 is 0 Å². The van der Waals surface area contributed by atoms with Crippen LogP contribution in [0.15, 0.2) is 30.3 Å². The van der Waals surface area contributed by atoms with Crippen molar-refractivity contribution in [3.63, 3.8) is 0 Å². The van der Waals surface area contributed by atoms with Crippen LogP contribution in [-0.2, 0) is 20.8 Å². The van der Waals surface area contributed by atoms with E-state index in [0.717, 1.165) is 39.1 Å². The van der Waals surface area contributed by atoms with Crippen molar-refractivity contribution < 1.29 is 14.2 Å². The van der Waals surface area contributed by atoms with Gasteiger partial charge in [0, 0.05) is 19.4 Å². The lowest BCUT2D eigenvalue weighted by atomic mass is 10.0. The highest BCUT2D eigenvalue weighted by Crippen LogP contribution is 2.31. The monoisotopic (exact) mass is 418 g/mol. The van der Waals surface area contributed by atoms with Gasteiger partial charge >= 0.3 is 0 Å². The lowest BCUT2D eigenvalue weighted by Crippen LogP contribution is -2.30. The Kier molecular flexibility index (Phi) is 14.2. The van der Waals surface area contributed by atoms with E-state index < -0.39 is 0 Å². The van der Waals surface area contributed by atoms with E-state index in [-0.39, 0.29) is 5.79 Å². The number of ether oxygens (including phenoxy) is 3. The van der Waals surface area contributed by atoms with Crippen molar-refractivity contribution in [3.05, 3.63) is 35.9 Å². The van der Waals surface area contributed by atoms with Crippen LogP contribution in [0.1, 0.15) is 109 Å². The molecule has 0 amide bonds. The first-order valence-corrected chi connectivity index (χ1v) is 12.7. The Labute approximate surface area is 185 Å². The molecule has 1 saturated heterocycles. The van der Waals surface area contributed by atoms with Gasteiger partial charge in [0.05, 0.1) is 19.8 Å². The van der Waals surface area contributed by atoms with Crippen LogP contribution >= 0.6 is 0 Å². The Morgan fingerprint density at radius 3 is 1.83 bits per heavy atom. The Balaban J connectivity index is 1.45. The molecule has 1 fully saturated rings. The van der Waals surface area contributed by atoms with Crippen molar-refractivity contribution in [3.8, 4) is 0 Å². The SMILES string of the molecule is CCCCCCCCCCCCCCC1(CCCOCc2ccccc2)OCCO1. The van der Waals surface area contributed by atoms with Crippen LogP contribution in [0, 0.1) is 0 Å². The first kappa shape index (κ1) is 25.4. The summed E-state index contributed by atoms with van der Waals surface area (Å²) < 4.78 is 17.9. The fraction of sp³-hybridized carbons (Fsp3) is 0.778. The lowest BCUT2D eigenvalue weighted by molar-refractivity contribution is -0.170. The maximum atomic E-state index is 6.03. The van der Waals surface area contributed by atoms with Crippen molar-refractivity contribution in [2.24, 2.45) is 0 Å². The van der Waals surface area contributed by atoms with Crippen LogP contribution in [0.5, 0.6) is 0 Å². The van der Waals surface area contributed by atoms with Crippen LogP contribution in [-0.4, -0.2) is 25.6 Å². The van der Waals surface area contributed by atoms with Gasteiger partial charge in [-0.05, 0) is 18.4 Å². The van der Waals surface area contributed by atoms with Gasteiger partial charge in [0.1, 0.15) is 0 Å². The summed E-state index contributed by atoms with van der Waals surface area (Å²) >= 11 is 0. The second-order valence-electron chi connectivity index (χ2n) is 8.89. The molecule has 1 heterocycles. The van der Waals surface area contributed by atoms with Crippen molar-refractivity contribution in [1.82, 2.24) is 0 Å². The lowest BCUT2D eigenvalue weighted by Gasteiger charge is -2.27. The van der Waals surface area contributed by atoms with Gasteiger partial charge in [0.2, 0.25) is 0 Å². The molecule has 1 aliphatic rings. The minimum atomic E-state index is -0.339. The maximum Gasteiger partial charge on any atom is 0.168 e. The molecule has 1 aromatic rings. The summed E-state index contributed by atoms with van der Waals surface area (Å²) in [5.74, 6) is -0.339. The standard InChI is InChI=1S/C27H46O3/c1-2-3-4-5-6-7-8-9-10-11-12-16-20-27(29-23-24-30-27)21-17-22-28-25-26-18-14-13-15-19-26/h13-15,18-19H,2-12,16-17,20-25H2,1H3. The van der Waals surface area contributed by atoms with Gasteiger partial charge in [-0.1, -0.05) is 108 Å². The third kappa shape index (κ3) is 11.5. The minimum Gasteiger partial charge on any atom is -0.377 e. The normalized spacial score (nSPS) is 15.6. The summed E-state index contributed by atoms with van der Waals surface area (Å²) in [7, 11) is 0. The first-order chi connectivity index (χ1) is 14.8. The van der Waals surface area contributed by atoms with Crippen LogP contribution in [0.2, 0.25) is 0 Å². The molecular formula is C27H46O3. The minimum absolute atomic E-state index is 0.339. The number of rotatable bonds is 19. The molecule has 0 unspecified atom stereocenters. The summed E-state index contributed by atoms with van der Waals surface area (Å²) in [5, 5.41) is 0. The molecule has 3 nitrogen and oxygen atoms in total. The fourth-order valence-electron chi connectivity index (χ4n) is 4.35. The van der Waals surface area contributed by atoms with E-state index in [0.29, 0.717) is 6.61 Å². The molecule has 0 saturated carbocycles. The van der Waals surface area contributed by atoms with Crippen LogP contribution in [0.25, 0.3) is 0 Å². The molecule has 2 rings (SSSR count). The van der Waals surface area contributed by atoms with E-state index in [1.165, 1.54) is 82.6 Å². The zero-order valence-electron chi connectivity index (χ0n) is 19.5. The fourth-order valence-corrected chi connectivity index (χ4v) is 4.35. The number of benzene rings is 1. The van der Waals surface area contributed by atoms with E-state index in [9.17, 15) is 0 Å². The van der Waals surface area contributed by atoms with E-state index in [4.69, 9.17) is 14.2 Å². The topological polar surface area (TPSA) is 27.7 Å². The summed E-state index contributed by atoms with van der Waals surface area (Å²) in [6.07, 6.45) is 19.5. The van der Waals surface area contributed by atoms with Crippen molar-refractivity contribution in [2.45, 2.75) is 116 Å². The zero-order chi connectivity index (χ0) is 21.2. The molecule has 0 bridgehead atoms. The first-order valence-electron chi connectivity index (χ1n) is 12.7. The third-order valence-electron chi connectivity index (χ3n) is 6.18.